The van der Waals surface area contributed by atoms with Gasteiger partial charge in [-0.1, -0.05) is 17.7 Å². The number of carbonyl (C=O) groups is 1. The Labute approximate surface area is 104 Å². The van der Waals surface area contributed by atoms with E-state index in [0.717, 1.165) is 0 Å². The summed E-state index contributed by atoms with van der Waals surface area (Å²) >= 11 is 5.56. The van der Waals surface area contributed by atoms with Crippen molar-refractivity contribution in [2.45, 2.75) is 26.4 Å². The van der Waals surface area contributed by atoms with Gasteiger partial charge in [-0.2, -0.15) is 5.26 Å². The van der Waals surface area contributed by atoms with E-state index >= 15 is 0 Å². The van der Waals surface area contributed by atoms with Crippen LogP contribution in [0.4, 0.5) is 0 Å². The maximum atomic E-state index is 10.6. The molecule has 0 bridgehead atoms. The van der Waals surface area contributed by atoms with Crippen LogP contribution in [0.5, 0.6) is 0 Å². The quantitative estimate of drug-likeness (QED) is 0.600. The highest BCUT2D eigenvalue weighted by molar-refractivity contribution is 6.30. The molecule has 0 saturated carbocycles. The molecule has 1 aromatic carbocycles. The fraction of sp³-hybridized carbons (Fsp3) is 0.364. The second kappa shape index (κ2) is 7.24. The first-order chi connectivity index (χ1) is 7.80. The molecule has 0 amide bonds. The van der Waals surface area contributed by atoms with E-state index in [1.807, 2.05) is 0 Å². The molecule has 6 heteroatoms. The third kappa shape index (κ3) is 7.70. The molecule has 0 atom stereocenters. The van der Waals surface area contributed by atoms with Crippen molar-refractivity contribution < 1.29 is 25.1 Å². The molecule has 0 saturated heterocycles. The molecule has 96 valence electrons. The molecule has 0 radical (unpaired) electrons. The number of rotatable bonds is 1. The lowest BCUT2D eigenvalue weighted by molar-refractivity contribution is -0.306. The van der Waals surface area contributed by atoms with E-state index in [9.17, 15) is 4.79 Å². The van der Waals surface area contributed by atoms with E-state index in [2.05, 4.69) is 9.78 Å². The molecule has 0 aliphatic heterocycles. The Hall–Kier alpha value is -1.14. The average molecular weight is 263 g/mol. The van der Waals surface area contributed by atoms with Crippen LogP contribution in [-0.4, -0.2) is 22.1 Å². The van der Waals surface area contributed by atoms with Gasteiger partial charge in [0.15, 0.2) is 0 Å². The zero-order valence-electron chi connectivity index (χ0n) is 9.81. The van der Waals surface area contributed by atoms with Crippen molar-refractivity contribution in [3.8, 4) is 0 Å². The van der Waals surface area contributed by atoms with Gasteiger partial charge < -0.3 is 0 Å². The number of hydrogen-bond donors (Lipinski definition) is 2. The Morgan fingerprint density at radius 1 is 1.29 bits per heavy atom. The highest BCUT2D eigenvalue weighted by Gasteiger charge is 2.07. The summed E-state index contributed by atoms with van der Waals surface area (Å²) < 4.78 is 0. The summed E-state index contributed by atoms with van der Waals surface area (Å²) in [7, 11) is 0. The summed E-state index contributed by atoms with van der Waals surface area (Å²) in [5, 5.41) is 16.3. The lowest BCUT2D eigenvalue weighted by atomic mass is 10.2. The fourth-order valence-corrected chi connectivity index (χ4v) is 0.858. The molecule has 1 aromatic rings. The van der Waals surface area contributed by atoms with Gasteiger partial charge >= 0.3 is 5.97 Å². The Bertz CT molecular complexity index is 359. The third-order valence-electron chi connectivity index (χ3n) is 1.42. The molecule has 2 N–H and O–H groups in total. The lowest BCUT2D eigenvalue weighted by Gasteiger charge is -2.10. The first-order valence-electron chi connectivity index (χ1n) is 4.74. The number of carbonyl (C=O) groups excluding carboxylic acids is 1. The molecule has 0 heterocycles. The summed E-state index contributed by atoms with van der Waals surface area (Å²) in [5.41, 5.74) is -0.181. The van der Waals surface area contributed by atoms with Crippen LogP contribution >= 0.6 is 11.6 Å². The minimum atomic E-state index is -0.813. The SMILES string of the molecule is CC(C)(C)OO.O=C(OO)c1cccc(Cl)c1. The predicted molar refractivity (Wildman–Crippen MR) is 63.0 cm³/mol. The maximum absolute atomic E-state index is 10.6. The van der Waals surface area contributed by atoms with E-state index in [0.29, 0.717) is 5.02 Å². The molecule has 0 unspecified atom stereocenters. The van der Waals surface area contributed by atoms with Crippen molar-refractivity contribution in [1.29, 1.82) is 0 Å². The summed E-state index contributed by atoms with van der Waals surface area (Å²) in [6.07, 6.45) is 0. The van der Waals surface area contributed by atoms with E-state index in [-0.39, 0.29) is 5.56 Å². The van der Waals surface area contributed by atoms with Crippen LogP contribution < -0.4 is 0 Å². The monoisotopic (exact) mass is 262 g/mol. The first kappa shape index (κ1) is 15.9. The molecule has 17 heavy (non-hydrogen) atoms. The number of hydrogen-bond acceptors (Lipinski definition) is 5. The first-order valence-corrected chi connectivity index (χ1v) is 5.12. The molecule has 1 rings (SSSR count). The topological polar surface area (TPSA) is 76.0 Å². The molecular weight excluding hydrogens is 248 g/mol. The van der Waals surface area contributed by atoms with Crippen LogP contribution in [0.2, 0.25) is 5.02 Å². The van der Waals surface area contributed by atoms with Gasteiger partial charge in [0.2, 0.25) is 0 Å². The van der Waals surface area contributed by atoms with Gasteiger partial charge in [-0.3, -0.25) is 10.1 Å². The number of benzene rings is 1. The van der Waals surface area contributed by atoms with Crippen LogP contribution in [0, 0.1) is 0 Å². The van der Waals surface area contributed by atoms with Crippen LogP contribution in [0.15, 0.2) is 24.3 Å². The normalized spacial score (nSPS) is 10.2. The lowest BCUT2D eigenvalue weighted by Crippen LogP contribution is -2.15. The van der Waals surface area contributed by atoms with Crippen molar-refractivity contribution in [3.63, 3.8) is 0 Å². The van der Waals surface area contributed by atoms with Gasteiger partial charge in [0.1, 0.15) is 0 Å². The molecule has 0 fully saturated rings. The van der Waals surface area contributed by atoms with Gasteiger partial charge in [0, 0.05) is 5.02 Å². The Morgan fingerprint density at radius 3 is 2.18 bits per heavy atom. The largest absolute Gasteiger partial charge is 0.372 e. The maximum Gasteiger partial charge on any atom is 0.372 e. The van der Waals surface area contributed by atoms with Crippen LogP contribution in [0.3, 0.4) is 0 Å². The van der Waals surface area contributed by atoms with Crippen LogP contribution in [0.25, 0.3) is 0 Å². The van der Waals surface area contributed by atoms with Gasteiger partial charge in [0.25, 0.3) is 0 Å². The Kier molecular flexibility index (Phi) is 6.75. The fourth-order valence-electron chi connectivity index (χ4n) is 0.668. The van der Waals surface area contributed by atoms with Gasteiger partial charge in [-0.25, -0.2) is 9.68 Å². The second-order valence-corrected chi connectivity index (χ2v) is 4.53. The molecule has 0 aliphatic rings. The predicted octanol–water partition coefficient (Wildman–Crippen LogP) is 3.24. The summed E-state index contributed by atoms with van der Waals surface area (Å²) in [4.78, 5) is 18.1. The molecule has 0 aromatic heterocycles. The summed E-state index contributed by atoms with van der Waals surface area (Å²) in [5.74, 6) is -0.813. The van der Waals surface area contributed by atoms with E-state index in [1.54, 1.807) is 32.9 Å². The highest BCUT2D eigenvalue weighted by atomic mass is 35.5. The number of halogens is 1. The van der Waals surface area contributed by atoms with Crippen LogP contribution in [-0.2, 0) is 9.78 Å². The minimum Gasteiger partial charge on any atom is -0.296 e. The smallest absolute Gasteiger partial charge is 0.296 e. The van der Waals surface area contributed by atoms with Crippen molar-refractivity contribution in [2.75, 3.05) is 0 Å². The van der Waals surface area contributed by atoms with Gasteiger partial charge in [-0.15, -0.1) is 0 Å². The molecular formula is C11H15ClO5. The van der Waals surface area contributed by atoms with E-state index in [1.165, 1.54) is 12.1 Å². The second-order valence-electron chi connectivity index (χ2n) is 4.09. The molecule has 0 spiro atoms. The third-order valence-corrected chi connectivity index (χ3v) is 1.65. The van der Waals surface area contributed by atoms with Crippen molar-refractivity contribution in [3.05, 3.63) is 34.9 Å². The average Bonchev–Trinajstić information content (AvgIpc) is 2.28. The standard InChI is InChI=1S/C7H5ClO3.C4H10O2/c8-6-3-1-2-5(4-6)7(9)11-10;1-4(2,3)6-5/h1-4,10H;5H,1-3H3. The van der Waals surface area contributed by atoms with Crippen molar-refractivity contribution >= 4 is 17.6 Å². The summed E-state index contributed by atoms with van der Waals surface area (Å²) in [6.45, 7) is 5.31. The van der Waals surface area contributed by atoms with Crippen LogP contribution in [0.1, 0.15) is 31.1 Å². The molecule has 0 aliphatic carbocycles. The molecule has 5 nitrogen and oxygen atoms in total. The Balaban J connectivity index is 0.000000366. The Morgan fingerprint density at radius 2 is 1.82 bits per heavy atom. The minimum absolute atomic E-state index is 0.222. The van der Waals surface area contributed by atoms with Crippen molar-refractivity contribution in [2.24, 2.45) is 0 Å². The summed E-state index contributed by atoms with van der Waals surface area (Å²) in [6, 6.07) is 6.11. The highest BCUT2D eigenvalue weighted by Crippen LogP contribution is 2.10. The zero-order chi connectivity index (χ0) is 13.5. The van der Waals surface area contributed by atoms with Gasteiger partial charge in [0.05, 0.1) is 11.2 Å². The van der Waals surface area contributed by atoms with E-state index in [4.69, 9.17) is 22.1 Å². The van der Waals surface area contributed by atoms with Gasteiger partial charge in [-0.05, 0) is 39.0 Å². The van der Waals surface area contributed by atoms with Crippen molar-refractivity contribution in [1.82, 2.24) is 0 Å². The van der Waals surface area contributed by atoms with E-state index < -0.39 is 11.6 Å². The zero-order valence-corrected chi connectivity index (χ0v) is 10.6.